The monoisotopic (exact) mass is 366 g/mol. The Bertz CT molecular complexity index is 1000. The number of aromatic nitrogens is 2. The van der Waals surface area contributed by atoms with E-state index in [9.17, 15) is 10.1 Å². The van der Waals surface area contributed by atoms with Gasteiger partial charge in [0.15, 0.2) is 4.77 Å². The molecule has 1 aliphatic rings. The maximum absolute atomic E-state index is 12.4. The van der Waals surface area contributed by atoms with Crippen molar-refractivity contribution in [3.63, 3.8) is 0 Å². The number of nitrogens with one attached hydrogen (secondary N) is 2. The Balaban J connectivity index is 2.39. The maximum Gasteiger partial charge on any atom is 0.259 e. The Morgan fingerprint density at radius 2 is 2.09 bits per heavy atom. The molecule has 1 aromatic carbocycles. The van der Waals surface area contributed by atoms with Crippen LogP contribution in [0.25, 0.3) is 0 Å². The van der Waals surface area contributed by atoms with E-state index in [1.54, 1.807) is 18.2 Å². The summed E-state index contributed by atoms with van der Waals surface area (Å²) in [5.74, 6) is -0.862. The molecule has 4 N–H and O–H groups in total. The number of fused-ring (bicyclic) bond motifs is 1. The van der Waals surface area contributed by atoms with Crippen molar-refractivity contribution < 1.29 is 4.74 Å². The van der Waals surface area contributed by atoms with E-state index < -0.39 is 11.5 Å². The van der Waals surface area contributed by atoms with Gasteiger partial charge in [-0.15, -0.1) is 0 Å². The normalized spacial score (nSPS) is 16.5. The van der Waals surface area contributed by atoms with Crippen molar-refractivity contribution in [2.24, 2.45) is 5.73 Å². The average Bonchev–Trinajstić information content (AvgIpc) is 2.48. The fraction of sp³-hybridized carbons (Fsp3) is 0.0714. The van der Waals surface area contributed by atoms with Crippen molar-refractivity contribution in [1.82, 2.24) is 9.97 Å². The lowest BCUT2D eigenvalue weighted by atomic mass is 9.85. The summed E-state index contributed by atoms with van der Waals surface area (Å²) in [6.45, 7) is 0. The van der Waals surface area contributed by atoms with Crippen LogP contribution >= 0.6 is 35.4 Å². The topological polar surface area (TPSA) is 108 Å². The van der Waals surface area contributed by atoms with E-state index in [1.165, 1.54) is 0 Å². The third-order valence-electron chi connectivity index (χ3n) is 3.41. The number of rotatable bonds is 1. The number of hydrogen-bond donors (Lipinski definition) is 3. The van der Waals surface area contributed by atoms with E-state index in [2.05, 4.69) is 9.97 Å². The Kier molecular flexibility index (Phi) is 3.90. The molecule has 3 rings (SSSR count). The number of benzene rings is 1. The molecular weight excluding hydrogens is 359 g/mol. The molecule has 1 aliphatic heterocycles. The van der Waals surface area contributed by atoms with E-state index >= 15 is 0 Å². The Morgan fingerprint density at radius 1 is 1.35 bits per heavy atom. The minimum Gasteiger partial charge on any atom is -0.424 e. The Labute approximate surface area is 145 Å². The zero-order valence-corrected chi connectivity index (χ0v) is 13.6. The zero-order chi connectivity index (χ0) is 16.7. The number of nitrogens with zero attached hydrogens (tertiary/aromatic N) is 1. The van der Waals surface area contributed by atoms with Crippen LogP contribution < -0.4 is 16.0 Å². The van der Waals surface area contributed by atoms with Gasteiger partial charge in [-0.25, -0.2) is 0 Å². The highest BCUT2D eigenvalue weighted by Gasteiger charge is 2.35. The first-order valence-electron chi connectivity index (χ1n) is 6.32. The molecule has 0 unspecified atom stereocenters. The first-order valence-corrected chi connectivity index (χ1v) is 7.48. The second kappa shape index (κ2) is 5.74. The smallest absolute Gasteiger partial charge is 0.259 e. The minimum absolute atomic E-state index is 0.0673. The summed E-state index contributed by atoms with van der Waals surface area (Å²) < 4.78 is 5.42. The molecule has 1 atom stereocenters. The van der Waals surface area contributed by atoms with Crippen LogP contribution in [0.2, 0.25) is 10.0 Å². The molecule has 0 aliphatic carbocycles. The molecular formula is C14H8Cl2N4O2S. The molecule has 1 aromatic heterocycles. The van der Waals surface area contributed by atoms with Gasteiger partial charge in [0.2, 0.25) is 11.8 Å². The number of nitrogens with two attached hydrogens (primary N) is 1. The van der Waals surface area contributed by atoms with Crippen LogP contribution in [-0.2, 0) is 0 Å². The second-order valence-corrected chi connectivity index (χ2v) is 5.91. The summed E-state index contributed by atoms with van der Waals surface area (Å²) >= 11 is 17.2. The Morgan fingerprint density at radius 3 is 2.78 bits per heavy atom. The highest BCUT2D eigenvalue weighted by molar-refractivity contribution is 7.71. The summed E-state index contributed by atoms with van der Waals surface area (Å²) in [6.07, 6.45) is 0. The highest BCUT2D eigenvalue weighted by Crippen LogP contribution is 2.42. The number of nitriles is 1. The van der Waals surface area contributed by atoms with Crippen molar-refractivity contribution >= 4 is 35.4 Å². The molecule has 0 fully saturated rings. The van der Waals surface area contributed by atoms with Gasteiger partial charge in [0, 0.05) is 0 Å². The molecule has 116 valence electrons. The lowest BCUT2D eigenvalue weighted by Crippen LogP contribution is -2.28. The second-order valence-electron chi connectivity index (χ2n) is 4.72. The molecule has 6 nitrogen and oxygen atoms in total. The molecule has 0 saturated carbocycles. The van der Waals surface area contributed by atoms with E-state index in [1.807, 2.05) is 6.07 Å². The fourth-order valence-electron chi connectivity index (χ4n) is 2.44. The van der Waals surface area contributed by atoms with Gasteiger partial charge in [-0.3, -0.25) is 9.78 Å². The molecule has 9 heteroatoms. The van der Waals surface area contributed by atoms with Crippen molar-refractivity contribution in [3.05, 3.63) is 66.0 Å². The van der Waals surface area contributed by atoms with Gasteiger partial charge in [-0.1, -0.05) is 35.3 Å². The van der Waals surface area contributed by atoms with E-state index in [4.69, 9.17) is 45.9 Å². The lowest BCUT2D eigenvalue weighted by molar-refractivity contribution is 0.374. The van der Waals surface area contributed by atoms with Gasteiger partial charge < -0.3 is 15.5 Å². The van der Waals surface area contributed by atoms with E-state index in [0.29, 0.717) is 10.6 Å². The van der Waals surface area contributed by atoms with Crippen LogP contribution in [0.3, 0.4) is 0 Å². The molecule has 0 radical (unpaired) electrons. The molecule has 0 bridgehead atoms. The minimum atomic E-state index is -0.814. The quantitative estimate of drug-likeness (QED) is 0.672. The first-order chi connectivity index (χ1) is 10.9. The number of ether oxygens (including phenoxy) is 1. The van der Waals surface area contributed by atoms with E-state index in [0.717, 1.165) is 0 Å². The molecule has 2 aromatic rings. The third kappa shape index (κ3) is 2.51. The summed E-state index contributed by atoms with van der Waals surface area (Å²) in [5, 5.41) is 9.97. The van der Waals surface area contributed by atoms with Crippen LogP contribution in [0, 0.1) is 16.1 Å². The standard InChI is InChI=1S/C14H8Cl2N4O2S/c15-7-3-1-2-5(10(7)16)8-6(4-17)11(18)22-13-9(8)12(21)19-14(23)20-13/h1-3,8H,18H2,(H2,19,20,21,23)/t8-/m0/s1. The predicted molar refractivity (Wildman–Crippen MR) is 88.0 cm³/mol. The van der Waals surface area contributed by atoms with Gasteiger partial charge in [0.05, 0.1) is 21.5 Å². The summed E-state index contributed by atoms with van der Waals surface area (Å²) in [6, 6.07) is 6.91. The molecule has 0 spiro atoms. The highest BCUT2D eigenvalue weighted by atomic mass is 35.5. The van der Waals surface area contributed by atoms with Gasteiger partial charge in [-0.05, 0) is 23.8 Å². The number of halogens is 2. The van der Waals surface area contributed by atoms with Crippen molar-refractivity contribution in [2.75, 3.05) is 0 Å². The summed E-state index contributed by atoms with van der Waals surface area (Å²) in [5.41, 5.74) is 6.02. The largest absolute Gasteiger partial charge is 0.424 e. The molecule has 0 saturated heterocycles. The number of aromatic amines is 2. The van der Waals surface area contributed by atoms with Gasteiger partial charge in [0.1, 0.15) is 11.6 Å². The van der Waals surface area contributed by atoms with Crippen LogP contribution in [0.15, 0.2) is 34.4 Å². The first kappa shape index (κ1) is 15.6. The predicted octanol–water partition coefficient (Wildman–Crippen LogP) is 2.96. The SMILES string of the molecule is N#CC1=C(N)Oc2[nH]c(=S)[nH]c(=O)c2[C@H]1c1cccc(Cl)c1Cl. The van der Waals surface area contributed by atoms with E-state index in [-0.39, 0.29) is 32.7 Å². The number of allylic oxidation sites excluding steroid dienone is 1. The molecule has 0 amide bonds. The lowest BCUT2D eigenvalue weighted by Gasteiger charge is -2.25. The van der Waals surface area contributed by atoms with Crippen LogP contribution in [-0.4, -0.2) is 9.97 Å². The number of hydrogen-bond acceptors (Lipinski definition) is 5. The van der Waals surface area contributed by atoms with Crippen molar-refractivity contribution in [2.45, 2.75) is 5.92 Å². The van der Waals surface area contributed by atoms with Crippen LogP contribution in [0.1, 0.15) is 17.0 Å². The van der Waals surface area contributed by atoms with Crippen molar-refractivity contribution in [1.29, 1.82) is 5.26 Å². The molecule has 2 heterocycles. The van der Waals surface area contributed by atoms with Crippen LogP contribution in [0.4, 0.5) is 0 Å². The summed E-state index contributed by atoms with van der Waals surface area (Å²) in [4.78, 5) is 17.5. The maximum atomic E-state index is 12.4. The average molecular weight is 367 g/mol. The zero-order valence-electron chi connectivity index (χ0n) is 11.3. The van der Waals surface area contributed by atoms with Crippen molar-refractivity contribution in [3.8, 4) is 11.9 Å². The van der Waals surface area contributed by atoms with Gasteiger partial charge in [-0.2, -0.15) is 5.26 Å². The van der Waals surface area contributed by atoms with Gasteiger partial charge >= 0.3 is 0 Å². The number of H-pyrrole nitrogens is 2. The third-order valence-corrected chi connectivity index (χ3v) is 4.45. The van der Waals surface area contributed by atoms with Crippen LogP contribution in [0.5, 0.6) is 5.88 Å². The molecule has 23 heavy (non-hydrogen) atoms. The van der Waals surface area contributed by atoms with Gasteiger partial charge in [0.25, 0.3) is 5.56 Å². The Hall–Kier alpha value is -2.27. The fourth-order valence-corrected chi connectivity index (χ4v) is 3.05. The summed E-state index contributed by atoms with van der Waals surface area (Å²) in [7, 11) is 0.